The summed E-state index contributed by atoms with van der Waals surface area (Å²) in [5.74, 6) is 0.525. The lowest BCUT2D eigenvalue weighted by Crippen LogP contribution is -2.22. The summed E-state index contributed by atoms with van der Waals surface area (Å²) in [5.41, 5.74) is 3.23. The standard InChI is InChI=1S/C24H26N4O4S/c1-16-13-18(28-11-5-6-12-28)9-10-20(16)26-22(29)14-31-24(30)19-7-3-4-8-21(19)33-15-23-25-17(2)27-32-23/h3-4,7-10,13H,5-6,11-12,14-15H2,1-2H3,(H,26,29). The molecule has 1 amide bonds. The normalized spacial score (nSPS) is 13.2. The van der Waals surface area contributed by atoms with Crippen LogP contribution in [0.3, 0.4) is 0 Å². The second-order valence-electron chi connectivity index (χ2n) is 7.84. The van der Waals surface area contributed by atoms with Crippen molar-refractivity contribution in [2.45, 2.75) is 37.3 Å². The van der Waals surface area contributed by atoms with E-state index in [1.165, 1.54) is 30.3 Å². The summed E-state index contributed by atoms with van der Waals surface area (Å²) < 4.78 is 10.4. The number of hydrogen-bond acceptors (Lipinski definition) is 8. The lowest BCUT2D eigenvalue weighted by atomic mass is 10.1. The van der Waals surface area contributed by atoms with Crippen LogP contribution in [0.2, 0.25) is 0 Å². The Hall–Kier alpha value is -3.33. The molecule has 0 aliphatic carbocycles. The molecule has 0 bridgehead atoms. The fourth-order valence-corrected chi connectivity index (χ4v) is 4.53. The number of carbonyl (C=O) groups is 2. The topological polar surface area (TPSA) is 97.6 Å². The molecule has 8 nitrogen and oxygen atoms in total. The monoisotopic (exact) mass is 466 g/mol. The Bertz CT molecular complexity index is 1140. The van der Waals surface area contributed by atoms with Gasteiger partial charge in [0.2, 0.25) is 5.89 Å². The number of benzene rings is 2. The number of rotatable bonds is 8. The predicted octanol–water partition coefficient (Wildman–Crippen LogP) is 4.37. The molecule has 4 rings (SSSR count). The van der Waals surface area contributed by atoms with Gasteiger partial charge >= 0.3 is 5.97 Å². The molecule has 1 N–H and O–H groups in total. The van der Waals surface area contributed by atoms with Crippen LogP contribution in [0.15, 0.2) is 51.9 Å². The van der Waals surface area contributed by atoms with E-state index in [1.54, 1.807) is 19.1 Å². The quantitative estimate of drug-likeness (QED) is 0.386. The number of aromatic nitrogens is 2. The number of amides is 1. The summed E-state index contributed by atoms with van der Waals surface area (Å²) >= 11 is 1.39. The third-order valence-corrected chi connectivity index (χ3v) is 6.38. The first kappa shape index (κ1) is 22.8. The van der Waals surface area contributed by atoms with Crippen LogP contribution in [-0.4, -0.2) is 41.7 Å². The van der Waals surface area contributed by atoms with Gasteiger partial charge in [0, 0.05) is 29.4 Å². The van der Waals surface area contributed by atoms with Gasteiger partial charge in [-0.1, -0.05) is 17.3 Å². The van der Waals surface area contributed by atoms with E-state index in [0.29, 0.717) is 33.6 Å². The Morgan fingerprint density at radius 1 is 1.15 bits per heavy atom. The average molecular weight is 467 g/mol. The van der Waals surface area contributed by atoms with Crippen LogP contribution in [0.25, 0.3) is 0 Å². The first-order valence-corrected chi connectivity index (χ1v) is 11.8. The van der Waals surface area contributed by atoms with E-state index < -0.39 is 5.97 Å². The maximum Gasteiger partial charge on any atom is 0.339 e. The number of hydrogen-bond donors (Lipinski definition) is 1. The molecule has 1 fully saturated rings. The molecule has 2 aromatic carbocycles. The Morgan fingerprint density at radius 2 is 1.94 bits per heavy atom. The number of nitrogens with one attached hydrogen (secondary N) is 1. The summed E-state index contributed by atoms with van der Waals surface area (Å²) in [6.07, 6.45) is 2.42. The van der Waals surface area contributed by atoms with Crippen LogP contribution in [-0.2, 0) is 15.3 Å². The summed E-state index contributed by atoms with van der Waals surface area (Å²) in [5, 5.41) is 6.59. The minimum absolute atomic E-state index is 0.367. The van der Waals surface area contributed by atoms with Crippen molar-refractivity contribution in [3.05, 3.63) is 65.3 Å². The minimum Gasteiger partial charge on any atom is -0.452 e. The van der Waals surface area contributed by atoms with Gasteiger partial charge < -0.3 is 19.5 Å². The highest BCUT2D eigenvalue weighted by atomic mass is 32.2. The number of aryl methyl sites for hydroxylation is 2. The zero-order chi connectivity index (χ0) is 23.2. The Labute approximate surface area is 196 Å². The van der Waals surface area contributed by atoms with Gasteiger partial charge in [0.25, 0.3) is 5.91 Å². The highest BCUT2D eigenvalue weighted by Crippen LogP contribution is 2.27. The number of anilines is 2. The molecule has 1 aliphatic heterocycles. The molecule has 0 spiro atoms. The zero-order valence-electron chi connectivity index (χ0n) is 18.7. The maximum atomic E-state index is 12.6. The second kappa shape index (κ2) is 10.5. The molecule has 3 aromatic rings. The van der Waals surface area contributed by atoms with Crippen LogP contribution in [0, 0.1) is 13.8 Å². The van der Waals surface area contributed by atoms with Crippen molar-refractivity contribution >= 4 is 35.0 Å². The lowest BCUT2D eigenvalue weighted by molar-refractivity contribution is -0.119. The SMILES string of the molecule is Cc1noc(CSc2ccccc2C(=O)OCC(=O)Nc2ccc(N3CCCC3)cc2C)n1. The van der Waals surface area contributed by atoms with E-state index in [0.717, 1.165) is 18.7 Å². The van der Waals surface area contributed by atoms with Crippen LogP contribution in [0.4, 0.5) is 11.4 Å². The van der Waals surface area contributed by atoms with E-state index in [1.807, 2.05) is 31.2 Å². The third kappa shape index (κ3) is 5.92. The molecule has 1 aliphatic rings. The van der Waals surface area contributed by atoms with Gasteiger partial charge in [0.1, 0.15) is 0 Å². The molecule has 9 heteroatoms. The fraction of sp³-hybridized carbons (Fsp3) is 0.333. The van der Waals surface area contributed by atoms with E-state index in [2.05, 4.69) is 26.4 Å². The number of carbonyl (C=O) groups excluding carboxylic acids is 2. The predicted molar refractivity (Wildman–Crippen MR) is 127 cm³/mol. The second-order valence-corrected chi connectivity index (χ2v) is 8.86. The molecule has 172 valence electrons. The molecule has 0 radical (unpaired) electrons. The summed E-state index contributed by atoms with van der Waals surface area (Å²) in [7, 11) is 0. The zero-order valence-corrected chi connectivity index (χ0v) is 19.5. The van der Waals surface area contributed by atoms with Crippen LogP contribution in [0.1, 0.15) is 40.5 Å². The molecular weight excluding hydrogens is 440 g/mol. The number of esters is 1. The van der Waals surface area contributed by atoms with Crippen molar-refractivity contribution in [3.8, 4) is 0 Å². The van der Waals surface area contributed by atoms with Crippen LogP contribution < -0.4 is 10.2 Å². The van der Waals surface area contributed by atoms with Gasteiger partial charge in [-0.05, 0) is 62.6 Å². The average Bonchev–Trinajstić information content (AvgIpc) is 3.50. The molecule has 2 heterocycles. The molecular formula is C24H26N4O4S. The molecule has 1 aromatic heterocycles. The van der Waals surface area contributed by atoms with Crippen molar-refractivity contribution in [1.29, 1.82) is 0 Å². The van der Waals surface area contributed by atoms with Crippen molar-refractivity contribution in [2.24, 2.45) is 0 Å². The Morgan fingerprint density at radius 3 is 2.67 bits per heavy atom. The van der Waals surface area contributed by atoms with Crippen LogP contribution in [0.5, 0.6) is 0 Å². The Balaban J connectivity index is 1.32. The summed E-state index contributed by atoms with van der Waals surface area (Å²) in [6, 6.07) is 13.1. The van der Waals surface area contributed by atoms with Gasteiger partial charge in [-0.3, -0.25) is 4.79 Å². The van der Waals surface area contributed by atoms with Crippen molar-refractivity contribution < 1.29 is 18.8 Å². The molecule has 1 saturated heterocycles. The number of thioether (sulfide) groups is 1. The van der Waals surface area contributed by atoms with Crippen molar-refractivity contribution in [2.75, 3.05) is 29.9 Å². The number of ether oxygens (including phenoxy) is 1. The van der Waals surface area contributed by atoms with E-state index in [9.17, 15) is 9.59 Å². The highest BCUT2D eigenvalue weighted by Gasteiger charge is 2.17. The lowest BCUT2D eigenvalue weighted by Gasteiger charge is -2.19. The molecule has 0 saturated carbocycles. The van der Waals surface area contributed by atoms with E-state index in [4.69, 9.17) is 9.26 Å². The first-order valence-electron chi connectivity index (χ1n) is 10.8. The van der Waals surface area contributed by atoms with Gasteiger partial charge in [-0.2, -0.15) is 4.98 Å². The van der Waals surface area contributed by atoms with Crippen LogP contribution >= 0.6 is 11.8 Å². The van der Waals surface area contributed by atoms with Crippen molar-refractivity contribution in [1.82, 2.24) is 10.1 Å². The minimum atomic E-state index is -0.559. The maximum absolute atomic E-state index is 12.6. The molecule has 33 heavy (non-hydrogen) atoms. The smallest absolute Gasteiger partial charge is 0.339 e. The summed E-state index contributed by atoms with van der Waals surface area (Å²) in [4.78, 5) is 32.3. The largest absolute Gasteiger partial charge is 0.452 e. The first-order chi connectivity index (χ1) is 16.0. The van der Waals surface area contributed by atoms with Gasteiger partial charge in [-0.15, -0.1) is 11.8 Å². The third-order valence-electron chi connectivity index (χ3n) is 5.32. The van der Waals surface area contributed by atoms with E-state index >= 15 is 0 Å². The van der Waals surface area contributed by atoms with Crippen molar-refractivity contribution in [3.63, 3.8) is 0 Å². The van der Waals surface area contributed by atoms with Gasteiger partial charge in [0.05, 0.1) is 11.3 Å². The van der Waals surface area contributed by atoms with Gasteiger partial charge in [0.15, 0.2) is 12.4 Å². The highest BCUT2D eigenvalue weighted by molar-refractivity contribution is 7.98. The number of nitrogens with zero attached hydrogens (tertiary/aromatic N) is 3. The molecule has 0 atom stereocenters. The fourth-order valence-electron chi connectivity index (χ4n) is 3.65. The molecule has 0 unspecified atom stereocenters. The van der Waals surface area contributed by atoms with E-state index in [-0.39, 0.29) is 12.5 Å². The summed E-state index contributed by atoms with van der Waals surface area (Å²) in [6.45, 7) is 5.47. The van der Waals surface area contributed by atoms with Gasteiger partial charge in [-0.25, -0.2) is 4.79 Å². The Kier molecular flexibility index (Phi) is 7.29.